The monoisotopic (exact) mass is 402 g/mol. The molecule has 0 aromatic carbocycles. The van der Waals surface area contributed by atoms with Crippen molar-refractivity contribution in [1.29, 1.82) is 0 Å². The number of hydrogen-bond acceptors (Lipinski definition) is 4. The highest BCUT2D eigenvalue weighted by molar-refractivity contribution is 6.39. The molecule has 2 unspecified atom stereocenters. The van der Waals surface area contributed by atoms with Gasteiger partial charge in [0.2, 0.25) is 0 Å². The number of amides is 2. The third-order valence-corrected chi connectivity index (χ3v) is 5.29. The van der Waals surface area contributed by atoms with Gasteiger partial charge in [-0.25, -0.2) is 8.78 Å². The molecule has 3 rings (SSSR count). The van der Waals surface area contributed by atoms with Gasteiger partial charge in [-0.3, -0.25) is 19.6 Å². The van der Waals surface area contributed by atoms with Gasteiger partial charge in [0.1, 0.15) is 5.69 Å². The summed E-state index contributed by atoms with van der Waals surface area (Å²) in [6.45, 7) is 6.16. The Kier molecular flexibility index (Phi) is 6.20. The Balaban J connectivity index is 1.79. The molecule has 0 aliphatic carbocycles. The van der Waals surface area contributed by atoms with Crippen molar-refractivity contribution in [2.24, 2.45) is 5.92 Å². The van der Waals surface area contributed by atoms with Crippen LogP contribution in [-0.2, 0) is 9.59 Å². The summed E-state index contributed by atoms with van der Waals surface area (Å²) >= 11 is 0. The Labute approximate surface area is 168 Å². The third kappa shape index (κ3) is 4.75. The van der Waals surface area contributed by atoms with E-state index in [-0.39, 0.29) is 17.7 Å². The Bertz CT molecular complexity index is 902. The normalized spacial score (nSPS) is 19.3. The molecule has 1 saturated heterocycles. The first-order valence-electron chi connectivity index (χ1n) is 9.55. The Morgan fingerprint density at radius 2 is 1.93 bits per heavy atom. The minimum absolute atomic E-state index is 0.236. The number of piperidine rings is 1. The molecule has 0 saturated carbocycles. The summed E-state index contributed by atoms with van der Waals surface area (Å²) in [5, 5.41) is 2.61. The van der Waals surface area contributed by atoms with Crippen molar-refractivity contribution in [3.05, 3.63) is 53.1 Å². The van der Waals surface area contributed by atoms with Crippen molar-refractivity contribution in [1.82, 2.24) is 14.9 Å². The van der Waals surface area contributed by atoms with Crippen LogP contribution in [0.5, 0.6) is 0 Å². The first-order chi connectivity index (χ1) is 13.8. The van der Waals surface area contributed by atoms with E-state index < -0.39 is 18.2 Å². The van der Waals surface area contributed by atoms with Crippen LogP contribution >= 0.6 is 0 Å². The number of rotatable bonds is 3. The molecule has 2 amide bonds. The van der Waals surface area contributed by atoms with E-state index in [1.54, 1.807) is 12.1 Å². The molecular formula is C21H24F2N4O2. The van der Waals surface area contributed by atoms with Crippen LogP contribution in [-0.4, -0.2) is 33.2 Å². The maximum absolute atomic E-state index is 12.9. The van der Waals surface area contributed by atoms with E-state index in [1.807, 2.05) is 20.8 Å². The quantitative estimate of drug-likeness (QED) is 0.789. The van der Waals surface area contributed by atoms with Crippen LogP contribution in [0.25, 0.3) is 0 Å². The summed E-state index contributed by atoms with van der Waals surface area (Å²) in [4.78, 5) is 35.0. The number of nitrogens with zero attached hydrogens (tertiary/aromatic N) is 3. The SMILES string of the molecule is Cc1cc(NC(=O)C(=O)N2CC(C)CCC2c2ccc(C(F)F)nc2)cnc1C. The zero-order chi connectivity index (χ0) is 21.1. The molecule has 6 nitrogen and oxygen atoms in total. The Morgan fingerprint density at radius 1 is 1.17 bits per heavy atom. The summed E-state index contributed by atoms with van der Waals surface area (Å²) in [5.41, 5.74) is 2.55. The van der Waals surface area contributed by atoms with E-state index in [4.69, 9.17) is 0 Å². The third-order valence-electron chi connectivity index (χ3n) is 5.29. The minimum Gasteiger partial charge on any atom is -0.327 e. The molecule has 29 heavy (non-hydrogen) atoms. The average Bonchev–Trinajstić information content (AvgIpc) is 2.70. The second kappa shape index (κ2) is 8.63. The topological polar surface area (TPSA) is 75.2 Å². The summed E-state index contributed by atoms with van der Waals surface area (Å²) in [6, 6.07) is 4.21. The predicted molar refractivity (Wildman–Crippen MR) is 104 cm³/mol. The van der Waals surface area contributed by atoms with E-state index in [0.29, 0.717) is 24.2 Å². The molecule has 0 bridgehead atoms. The Morgan fingerprint density at radius 3 is 2.55 bits per heavy atom. The molecule has 0 spiro atoms. The van der Waals surface area contributed by atoms with Gasteiger partial charge in [-0.05, 0) is 55.9 Å². The highest BCUT2D eigenvalue weighted by atomic mass is 19.3. The lowest BCUT2D eigenvalue weighted by Crippen LogP contribution is -2.46. The van der Waals surface area contributed by atoms with Gasteiger partial charge >= 0.3 is 11.8 Å². The minimum atomic E-state index is -2.65. The number of alkyl halides is 2. The van der Waals surface area contributed by atoms with Crippen LogP contribution in [0.1, 0.15) is 54.7 Å². The van der Waals surface area contributed by atoms with Crippen LogP contribution in [0.3, 0.4) is 0 Å². The molecule has 1 N–H and O–H groups in total. The first-order valence-corrected chi connectivity index (χ1v) is 9.55. The van der Waals surface area contributed by atoms with Crippen molar-refractivity contribution in [3.63, 3.8) is 0 Å². The second-order valence-electron chi connectivity index (χ2n) is 7.55. The highest BCUT2D eigenvalue weighted by Gasteiger charge is 2.34. The van der Waals surface area contributed by atoms with Crippen molar-refractivity contribution in [2.45, 2.75) is 46.1 Å². The van der Waals surface area contributed by atoms with E-state index in [0.717, 1.165) is 17.7 Å². The van der Waals surface area contributed by atoms with Gasteiger partial charge in [-0.15, -0.1) is 0 Å². The number of aromatic nitrogens is 2. The zero-order valence-corrected chi connectivity index (χ0v) is 16.7. The smallest absolute Gasteiger partial charge is 0.313 e. The largest absolute Gasteiger partial charge is 0.327 e. The zero-order valence-electron chi connectivity index (χ0n) is 16.7. The number of nitrogens with one attached hydrogen (secondary N) is 1. The number of halogens is 2. The van der Waals surface area contributed by atoms with Crippen LogP contribution in [0.2, 0.25) is 0 Å². The fourth-order valence-corrected chi connectivity index (χ4v) is 3.49. The standard InChI is InChI=1S/C21H24F2N4O2/c1-12-4-7-18(15-5-6-17(19(22)23)25-9-15)27(11-12)21(29)20(28)26-16-8-13(2)14(3)24-10-16/h5-6,8-10,12,18-19H,4,7,11H2,1-3H3,(H,26,28). The number of pyridine rings is 2. The van der Waals surface area contributed by atoms with Gasteiger partial charge in [0.15, 0.2) is 0 Å². The lowest BCUT2D eigenvalue weighted by atomic mass is 9.90. The molecule has 2 atom stereocenters. The summed E-state index contributed by atoms with van der Waals surface area (Å²) in [5.74, 6) is -1.16. The van der Waals surface area contributed by atoms with E-state index in [1.165, 1.54) is 23.4 Å². The molecule has 2 aromatic heterocycles. The maximum atomic E-state index is 12.9. The fraction of sp³-hybridized carbons (Fsp3) is 0.429. The number of anilines is 1. The molecule has 0 radical (unpaired) electrons. The van der Waals surface area contributed by atoms with Crippen LogP contribution < -0.4 is 5.32 Å². The second-order valence-corrected chi connectivity index (χ2v) is 7.55. The first kappa shape index (κ1) is 20.8. The van der Waals surface area contributed by atoms with Crippen molar-refractivity contribution >= 4 is 17.5 Å². The number of carbonyl (C=O) groups is 2. The molecule has 8 heteroatoms. The van der Waals surface area contributed by atoms with Crippen LogP contribution in [0.15, 0.2) is 30.6 Å². The number of hydrogen-bond donors (Lipinski definition) is 1. The van der Waals surface area contributed by atoms with Gasteiger partial charge in [0.25, 0.3) is 6.43 Å². The lowest BCUT2D eigenvalue weighted by molar-refractivity contribution is -0.146. The summed E-state index contributed by atoms with van der Waals surface area (Å²) < 4.78 is 25.6. The van der Waals surface area contributed by atoms with Gasteiger partial charge < -0.3 is 10.2 Å². The molecule has 1 aliphatic rings. The van der Waals surface area contributed by atoms with Crippen molar-refractivity contribution in [3.8, 4) is 0 Å². The molecule has 1 aliphatic heterocycles. The fourth-order valence-electron chi connectivity index (χ4n) is 3.49. The summed E-state index contributed by atoms with van der Waals surface area (Å²) in [7, 11) is 0. The lowest BCUT2D eigenvalue weighted by Gasteiger charge is -2.38. The molecule has 3 heterocycles. The predicted octanol–water partition coefficient (Wildman–Crippen LogP) is 3.97. The number of carbonyl (C=O) groups excluding carboxylic acids is 2. The summed E-state index contributed by atoms with van der Waals surface area (Å²) in [6.07, 6.45) is 1.74. The highest BCUT2D eigenvalue weighted by Crippen LogP contribution is 2.33. The van der Waals surface area contributed by atoms with Gasteiger partial charge in [-0.2, -0.15) is 0 Å². The average molecular weight is 402 g/mol. The Hall–Kier alpha value is -2.90. The van der Waals surface area contributed by atoms with Gasteiger partial charge in [-0.1, -0.05) is 13.0 Å². The van der Waals surface area contributed by atoms with Crippen LogP contribution in [0, 0.1) is 19.8 Å². The van der Waals surface area contributed by atoms with E-state index in [9.17, 15) is 18.4 Å². The molecule has 2 aromatic rings. The van der Waals surface area contributed by atoms with Gasteiger partial charge in [0.05, 0.1) is 17.9 Å². The molecular weight excluding hydrogens is 378 g/mol. The van der Waals surface area contributed by atoms with Gasteiger partial charge in [0, 0.05) is 18.4 Å². The van der Waals surface area contributed by atoms with Crippen LogP contribution in [0.4, 0.5) is 14.5 Å². The maximum Gasteiger partial charge on any atom is 0.313 e. The number of aryl methyl sites for hydroxylation is 2. The molecule has 1 fully saturated rings. The number of likely N-dealkylation sites (tertiary alicyclic amines) is 1. The van der Waals surface area contributed by atoms with Crippen molar-refractivity contribution < 1.29 is 18.4 Å². The van der Waals surface area contributed by atoms with Crippen molar-refractivity contribution in [2.75, 3.05) is 11.9 Å². The van der Waals surface area contributed by atoms with E-state index >= 15 is 0 Å². The molecule has 154 valence electrons. The van der Waals surface area contributed by atoms with E-state index in [2.05, 4.69) is 15.3 Å².